The Kier molecular flexibility index (Phi) is 5.42. The van der Waals surface area contributed by atoms with Crippen LogP contribution in [0.15, 0.2) is 0 Å². The molecule has 106 valence electrons. The maximum Gasteiger partial charge on any atom is 0.0220 e. The van der Waals surface area contributed by atoms with Crippen molar-refractivity contribution in [3.8, 4) is 0 Å². The van der Waals surface area contributed by atoms with E-state index in [1.807, 2.05) is 0 Å². The van der Waals surface area contributed by atoms with Gasteiger partial charge in [-0.2, -0.15) is 0 Å². The van der Waals surface area contributed by atoms with E-state index in [-0.39, 0.29) is 0 Å². The second kappa shape index (κ2) is 6.85. The Bertz CT molecular complexity index is 246. The Balaban J connectivity index is 1.68. The van der Waals surface area contributed by atoms with Crippen LogP contribution in [0.25, 0.3) is 0 Å². The summed E-state index contributed by atoms with van der Waals surface area (Å²) in [5, 5.41) is 3.64. The summed E-state index contributed by atoms with van der Waals surface area (Å²) in [4.78, 5) is 7.48. The van der Waals surface area contributed by atoms with Crippen LogP contribution < -0.4 is 5.32 Å². The van der Waals surface area contributed by atoms with Crippen LogP contribution in [0.2, 0.25) is 0 Å². The second-order valence-corrected chi connectivity index (χ2v) is 6.24. The summed E-state index contributed by atoms with van der Waals surface area (Å²) in [6.45, 7) is 7.30. The van der Waals surface area contributed by atoms with Gasteiger partial charge < -0.3 is 20.0 Å². The largest absolute Gasteiger partial charge is 0.311 e. The monoisotopic (exact) mass is 254 g/mol. The van der Waals surface area contributed by atoms with Gasteiger partial charge in [0.05, 0.1) is 0 Å². The quantitative estimate of drug-likeness (QED) is 0.779. The van der Waals surface area contributed by atoms with Gasteiger partial charge in [0, 0.05) is 38.3 Å². The summed E-state index contributed by atoms with van der Waals surface area (Å²) in [5.74, 6) is 0. The molecule has 4 heteroatoms. The molecule has 18 heavy (non-hydrogen) atoms. The Labute approximate surface area is 112 Å². The number of nitrogens with one attached hydrogen (secondary N) is 1. The number of nitrogens with zero attached hydrogens (tertiary/aromatic N) is 3. The average Bonchev–Trinajstić information content (AvgIpc) is 2.36. The Morgan fingerprint density at radius 2 is 1.94 bits per heavy atom. The van der Waals surface area contributed by atoms with E-state index in [0.29, 0.717) is 6.04 Å². The van der Waals surface area contributed by atoms with E-state index in [1.54, 1.807) is 0 Å². The van der Waals surface area contributed by atoms with E-state index >= 15 is 0 Å². The lowest BCUT2D eigenvalue weighted by molar-refractivity contribution is 0.125. The Morgan fingerprint density at radius 1 is 1.17 bits per heavy atom. The number of hydrogen-bond donors (Lipinski definition) is 1. The highest BCUT2D eigenvalue weighted by Gasteiger charge is 2.22. The van der Waals surface area contributed by atoms with Crippen molar-refractivity contribution in [2.24, 2.45) is 0 Å². The van der Waals surface area contributed by atoms with Gasteiger partial charge in [-0.1, -0.05) is 0 Å². The Hall–Kier alpha value is -0.160. The van der Waals surface area contributed by atoms with Crippen molar-refractivity contribution < 1.29 is 0 Å². The molecule has 2 saturated heterocycles. The fourth-order valence-corrected chi connectivity index (χ4v) is 3.23. The van der Waals surface area contributed by atoms with Gasteiger partial charge in [-0.25, -0.2) is 0 Å². The molecule has 0 spiro atoms. The van der Waals surface area contributed by atoms with E-state index in [1.165, 1.54) is 52.0 Å². The molecular formula is C14H30N4. The molecule has 2 rings (SSSR count). The third kappa shape index (κ3) is 4.19. The highest BCUT2D eigenvalue weighted by atomic mass is 15.2. The number of likely N-dealkylation sites (N-methyl/N-ethyl adjacent to an activating group) is 3. The standard InChI is InChI=1S/C14H30N4/c1-16-8-4-5-14(12-16)18(3)9-6-13-11-17(2)10-7-15-13/h13-15H,4-12H2,1-3H3. The summed E-state index contributed by atoms with van der Waals surface area (Å²) in [7, 11) is 6.78. The lowest BCUT2D eigenvalue weighted by atomic mass is 10.0. The summed E-state index contributed by atoms with van der Waals surface area (Å²) in [6.07, 6.45) is 4.01. The first-order valence-electron chi connectivity index (χ1n) is 7.46. The van der Waals surface area contributed by atoms with Gasteiger partial charge in [-0.3, -0.25) is 0 Å². The number of rotatable bonds is 4. The van der Waals surface area contributed by atoms with Crippen molar-refractivity contribution >= 4 is 0 Å². The van der Waals surface area contributed by atoms with Crippen LogP contribution in [0.4, 0.5) is 0 Å². The van der Waals surface area contributed by atoms with Gasteiger partial charge in [-0.05, 0) is 53.5 Å². The SMILES string of the molecule is CN1CCNC(CCN(C)C2CCCN(C)C2)C1. The molecule has 0 aromatic rings. The molecule has 0 bridgehead atoms. The van der Waals surface area contributed by atoms with Crippen molar-refractivity contribution in [2.75, 3.05) is 60.4 Å². The van der Waals surface area contributed by atoms with Gasteiger partial charge in [0.1, 0.15) is 0 Å². The molecule has 0 radical (unpaired) electrons. The second-order valence-electron chi connectivity index (χ2n) is 6.24. The molecule has 2 heterocycles. The molecule has 2 fully saturated rings. The molecule has 2 unspecified atom stereocenters. The third-order valence-electron chi connectivity index (χ3n) is 4.51. The molecule has 0 aromatic carbocycles. The molecule has 0 amide bonds. The van der Waals surface area contributed by atoms with Crippen LogP contribution in [0.3, 0.4) is 0 Å². The zero-order valence-electron chi connectivity index (χ0n) is 12.4. The van der Waals surface area contributed by atoms with Crippen molar-refractivity contribution in [3.63, 3.8) is 0 Å². The zero-order chi connectivity index (χ0) is 13.0. The molecule has 2 atom stereocenters. The van der Waals surface area contributed by atoms with E-state index < -0.39 is 0 Å². The van der Waals surface area contributed by atoms with Crippen LogP contribution >= 0.6 is 0 Å². The van der Waals surface area contributed by atoms with Gasteiger partial charge >= 0.3 is 0 Å². The molecule has 2 aliphatic rings. The topological polar surface area (TPSA) is 21.8 Å². The van der Waals surface area contributed by atoms with Crippen LogP contribution in [0, 0.1) is 0 Å². The van der Waals surface area contributed by atoms with Crippen molar-refractivity contribution in [1.29, 1.82) is 0 Å². The molecule has 0 aromatic heterocycles. The fraction of sp³-hybridized carbons (Fsp3) is 1.00. The van der Waals surface area contributed by atoms with Gasteiger partial charge in [0.2, 0.25) is 0 Å². The van der Waals surface area contributed by atoms with Gasteiger partial charge in [-0.15, -0.1) is 0 Å². The summed E-state index contributed by atoms with van der Waals surface area (Å²) in [6, 6.07) is 1.46. The zero-order valence-corrected chi connectivity index (χ0v) is 12.4. The first-order valence-corrected chi connectivity index (χ1v) is 7.46. The van der Waals surface area contributed by atoms with Crippen LogP contribution in [-0.4, -0.2) is 87.2 Å². The first-order chi connectivity index (χ1) is 8.65. The minimum Gasteiger partial charge on any atom is -0.311 e. The molecule has 0 aliphatic carbocycles. The van der Waals surface area contributed by atoms with Crippen molar-refractivity contribution in [2.45, 2.75) is 31.3 Å². The summed E-state index contributed by atoms with van der Waals surface area (Å²) < 4.78 is 0. The van der Waals surface area contributed by atoms with Gasteiger partial charge in [0.25, 0.3) is 0 Å². The van der Waals surface area contributed by atoms with E-state index in [0.717, 1.165) is 12.6 Å². The highest BCUT2D eigenvalue weighted by Crippen LogP contribution is 2.14. The van der Waals surface area contributed by atoms with Crippen LogP contribution in [-0.2, 0) is 0 Å². The maximum atomic E-state index is 3.64. The van der Waals surface area contributed by atoms with Crippen molar-refractivity contribution in [3.05, 3.63) is 0 Å². The minimum atomic E-state index is 0.688. The molecule has 0 saturated carbocycles. The predicted octanol–water partition coefficient (Wildman–Crippen LogP) is 0.306. The summed E-state index contributed by atoms with van der Waals surface area (Å²) in [5.41, 5.74) is 0. The van der Waals surface area contributed by atoms with E-state index in [9.17, 15) is 0 Å². The molecule has 1 N–H and O–H groups in total. The fourth-order valence-electron chi connectivity index (χ4n) is 3.23. The lowest BCUT2D eigenvalue weighted by Gasteiger charge is -2.37. The normalized spacial score (nSPS) is 32.0. The smallest absolute Gasteiger partial charge is 0.0220 e. The number of hydrogen-bond acceptors (Lipinski definition) is 4. The first kappa shape index (κ1) is 14.3. The van der Waals surface area contributed by atoms with Crippen LogP contribution in [0.5, 0.6) is 0 Å². The predicted molar refractivity (Wildman–Crippen MR) is 77.1 cm³/mol. The van der Waals surface area contributed by atoms with E-state index in [2.05, 4.69) is 41.2 Å². The van der Waals surface area contributed by atoms with Crippen molar-refractivity contribution in [1.82, 2.24) is 20.0 Å². The average molecular weight is 254 g/mol. The molecule has 4 nitrogen and oxygen atoms in total. The number of likely N-dealkylation sites (tertiary alicyclic amines) is 1. The van der Waals surface area contributed by atoms with E-state index in [4.69, 9.17) is 0 Å². The molecule has 2 aliphatic heterocycles. The minimum absolute atomic E-state index is 0.688. The Morgan fingerprint density at radius 3 is 2.67 bits per heavy atom. The van der Waals surface area contributed by atoms with Gasteiger partial charge in [0.15, 0.2) is 0 Å². The number of piperazine rings is 1. The summed E-state index contributed by atoms with van der Waals surface area (Å²) >= 11 is 0. The maximum absolute atomic E-state index is 3.64. The van der Waals surface area contributed by atoms with Crippen LogP contribution in [0.1, 0.15) is 19.3 Å². The number of piperidine rings is 1. The molecular weight excluding hydrogens is 224 g/mol. The third-order valence-corrected chi connectivity index (χ3v) is 4.51. The lowest BCUT2D eigenvalue weighted by Crippen LogP contribution is -2.51. The highest BCUT2D eigenvalue weighted by molar-refractivity contribution is 4.81.